The first-order chi connectivity index (χ1) is 17.1. The predicted molar refractivity (Wildman–Crippen MR) is 128 cm³/mol. The number of benzene rings is 3. The molecule has 3 aromatic rings. The summed E-state index contributed by atoms with van der Waals surface area (Å²) < 4.78 is 54.5. The van der Waals surface area contributed by atoms with Crippen molar-refractivity contribution in [1.82, 2.24) is 5.32 Å². The van der Waals surface area contributed by atoms with Crippen LogP contribution < -0.4 is 10.2 Å². The molecule has 3 rings (SSSR count). The number of nitrogens with one attached hydrogen (secondary N) is 1. The zero-order valence-corrected chi connectivity index (χ0v) is 19.8. The van der Waals surface area contributed by atoms with E-state index in [1.165, 1.54) is 30.3 Å². The molecular formula is C27H26F4N2O3. The summed E-state index contributed by atoms with van der Waals surface area (Å²) in [4.78, 5) is 26.5. The number of hydrogen-bond acceptors (Lipinski definition) is 4. The summed E-state index contributed by atoms with van der Waals surface area (Å²) in [6.45, 7) is 1.25. The van der Waals surface area contributed by atoms with E-state index in [0.29, 0.717) is 23.1 Å². The largest absolute Gasteiger partial charge is 0.396 e. The summed E-state index contributed by atoms with van der Waals surface area (Å²) >= 11 is 0. The molecule has 9 heteroatoms. The van der Waals surface area contributed by atoms with Crippen LogP contribution in [0.5, 0.6) is 0 Å². The molecule has 5 nitrogen and oxygen atoms in total. The highest BCUT2D eigenvalue weighted by Gasteiger charge is 2.30. The van der Waals surface area contributed by atoms with Crippen molar-refractivity contribution in [2.24, 2.45) is 0 Å². The summed E-state index contributed by atoms with van der Waals surface area (Å²) in [5, 5.41) is 12.1. The zero-order valence-electron chi connectivity index (χ0n) is 19.8. The highest BCUT2D eigenvalue weighted by molar-refractivity contribution is 5.95. The van der Waals surface area contributed by atoms with Crippen LogP contribution in [0.25, 0.3) is 0 Å². The van der Waals surface area contributed by atoms with E-state index in [1.54, 1.807) is 24.9 Å². The van der Waals surface area contributed by atoms with E-state index in [4.69, 9.17) is 0 Å². The molecular weight excluding hydrogens is 476 g/mol. The van der Waals surface area contributed by atoms with Crippen LogP contribution in [0.4, 0.5) is 23.2 Å². The first-order valence-electron chi connectivity index (χ1n) is 11.2. The van der Waals surface area contributed by atoms with Gasteiger partial charge in [0.05, 0.1) is 5.41 Å². The van der Waals surface area contributed by atoms with Crippen molar-refractivity contribution in [3.63, 3.8) is 0 Å². The van der Waals surface area contributed by atoms with Crippen LogP contribution in [-0.2, 0) is 23.3 Å². The molecule has 36 heavy (non-hydrogen) atoms. The van der Waals surface area contributed by atoms with Gasteiger partial charge in [0.15, 0.2) is 0 Å². The predicted octanol–water partition coefficient (Wildman–Crippen LogP) is 4.65. The summed E-state index contributed by atoms with van der Waals surface area (Å²) in [7, 11) is 1.64. The Balaban J connectivity index is 1.94. The minimum absolute atomic E-state index is 0.0571. The van der Waals surface area contributed by atoms with Crippen molar-refractivity contribution in [1.29, 1.82) is 0 Å². The number of carbonyl (C=O) groups excluding carboxylic acids is 2. The lowest BCUT2D eigenvalue weighted by Crippen LogP contribution is -2.30. The SMILES string of the molecule is CN(Cc1cc(F)cc(F)c1)c1cc(C(=O)NCc2ccc(F)cc2F)ccc1C(C)(C=O)CCO. The average Bonchev–Trinajstić information content (AvgIpc) is 2.82. The molecule has 0 aromatic heterocycles. The number of aliphatic hydroxyl groups is 1. The van der Waals surface area contributed by atoms with Crippen LogP contribution in [0.3, 0.4) is 0 Å². The first-order valence-corrected chi connectivity index (χ1v) is 11.2. The third-order valence-electron chi connectivity index (χ3n) is 5.97. The van der Waals surface area contributed by atoms with Gasteiger partial charge in [-0.05, 0) is 54.8 Å². The van der Waals surface area contributed by atoms with Gasteiger partial charge in [0.25, 0.3) is 5.91 Å². The molecule has 1 atom stereocenters. The number of nitrogens with zero attached hydrogens (tertiary/aromatic N) is 1. The minimum Gasteiger partial charge on any atom is -0.396 e. The maximum atomic E-state index is 13.9. The summed E-state index contributed by atoms with van der Waals surface area (Å²) in [6, 6.07) is 10.7. The Kier molecular flexibility index (Phi) is 8.47. The second-order valence-corrected chi connectivity index (χ2v) is 8.79. The van der Waals surface area contributed by atoms with Gasteiger partial charge in [0.1, 0.15) is 29.6 Å². The van der Waals surface area contributed by atoms with Gasteiger partial charge < -0.3 is 20.1 Å². The molecule has 0 heterocycles. The molecule has 1 amide bonds. The molecule has 3 aromatic carbocycles. The maximum Gasteiger partial charge on any atom is 0.251 e. The Morgan fingerprint density at radius 1 is 1.00 bits per heavy atom. The van der Waals surface area contributed by atoms with Crippen molar-refractivity contribution >= 4 is 17.9 Å². The summed E-state index contributed by atoms with van der Waals surface area (Å²) in [6.07, 6.45) is 0.816. The van der Waals surface area contributed by atoms with Gasteiger partial charge in [-0.3, -0.25) is 4.79 Å². The third kappa shape index (κ3) is 6.28. The third-order valence-corrected chi connectivity index (χ3v) is 5.97. The normalized spacial score (nSPS) is 12.6. The Labute approximate surface area is 206 Å². The molecule has 0 bridgehead atoms. The second kappa shape index (κ2) is 11.3. The molecule has 190 valence electrons. The van der Waals surface area contributed by atoms with Gasteiger partial charge in [-0.25, -0.2) is 17.6 Å². The number of anilines is 1. The van der Waals surface area contributed by atoms with Crippen LogP contribution in [0.15, 0.2) is 54.6 Å². The van der Waals surface area contributed by atoms with Gasteiger partial charge in [-0.15, -0.1) is 0 Å². The van der Waals surface area contributed by atoms with E-state index in [0.717, 1.165) is 18.2 Å². The van der Waals surface area contributed by atoms with E-state index in [1.807, 2.05) is 0 Å². The lowest BCUT2D eigenvalue weighted by Gasteiger charge is -2.31. The molecule has 0 spiro atoms. The van der Waals surface area contributed by atoms with E-state index in [-0.39, 0.29) is 37.2 Å². The number of carbonyl (C=O) groups is 2. The highest BCUT2D eigenvalue weighted by Crippen LogP contribution is 2.35. The number of aliphatic hydroxyl groups excluding tert-OH is 1. The lowest BCUT2D eigenvalue weighted by atomic mass is 9.79. The fourth-order valence-corrected chi connectivity index (χ4v) is 3.96. The second-order valence-electron chi connectivity index (χ2n) is 8.79. The number of hydrogen-bond donors (Lipinski definition) is 2. The average molecular weight is 503 g/mol. The number of rotatable bonds is 10. The fourth-order valence-electron chi connectivity index (χ4n) is 3.96. The number of amides is 1. The molecule has 0 saturated carbocycles. The molecule has 0 aliphatic rings. The smallest absolute Gasteiger partial charge is 0.251 e. The quantitative estimate of drug-likeness (QED) is 0.313. The van der Waals surface area contributed by atoms with Gasteiger partial charge in [-0.1, -0.05) is 12.1 Å². The molecule has 0 saturated heterocycles. The number of halogens is 4. The maximum absolute atomic E-state index is 13.9. The standard InChI is InChI=1S/C27H26F4N2O3/c1-27(16-35,7-8-34)23-6-4-18(26(36)32-14-19-3-5-20(28)13-24(19)31)11-25(23)33(2)15-17-9-21(29)12-22(30)10-17/h3-6,9-13,16,34H,7-8,14-15H2,1-2H3,(H,32,36). The van der Waals surface area contributed by atoms with Gasteiger partial charge in [0.2, 0.25) is 0 Å². The molecule has 0 fully saturated rings. The summed E-state index contributed by atoms with van der Waals surface area (Å²) in [5.74, 6) is -3.55. The van der Waals surface area contributed by atoms with Crippen molar-refractivity contribution < 1.29 is 32.3 Å². The monoisotopic (exact) mass is 502 g/mol. The van der Waals surface area contributed by atoms with Crippen LogP contribution in [0.1, 0.15) is 40.4 Å². The Morgan fingerprint density at radius 3 is 2.31 bits per heavy atom. The van der Waals surface area contributed by atoms with Crippen LogP contribution in [0, 0.1) is 23.3 Å². The highest BCUT2D eigenvalue weighted by atomic mass is 19.1. The van der Waals surface area contributed by atoms with Crippen LogP contribution >= 0.6 is 0 Å². The minimum atomic E-state index is -1.10. The van der Waals surface area contributed by atoms with Gasteiger partial charge in [0, 0.05) is 55.7 Å². The zero-order chi connectivity index (χ0) is 26.5. The topological polar surface area (TPSA) is 69.6 Å². The Morgan fingerprint density at radius 2 is 1.69 bits per heavy atom. The number of aldehydes is 1. The van der Waals surface area contributed by atoms with Gasteiger partial charge in [-0.2, -0.15) is 0 Å². The first kappa shape index (κ1) is 26.9. The lowest BCUT2D eigenvalue weighted by molar-refractivity contribution is -0.112. The van der Waals surface area contributed by atoms with Gasteiger partial charge >= 0.3 is 0 Å². The van der Waals surface area contributed by atoms with Crippen molar-refractivity contribution in [2.75, 3.05) is 18.6 Å². The van der Waals surface area contributed by atoms with Crippen molar-refractivity contribution in [3.05, 3.63) is 100 Å². The molecule has 0 radical (unpaired) electrons. The molecule has 0 aliphatic heterocycles. The summed E-state index contributed by atoms with van der Waals surface area (Å²) in [5.41, 5.74) is 0.458. The molecule has 1 unspecified atom stereocenters. The molecule has 0 aliphatic carbocycles. The Hall–Kier alpha value is -3.72. The van der Waals surface area contributed by atoms with Crippen molar-refractivity contribution in [2.45, 2.75) is 31.8 Å². The van der Waals surface area contributed by atoms with E-state index in [9.17, 15) is 32.3 Å². The van der Waals surface area contributed by atoms with E-state index in [2.05, 4.69) is 5.32 Å². The van der Waals surface area contributed by atoms with Crippen LogP contribution in [-0.4, -0.2) is 31.0 Å². The fraction of sp³-hybridized carbons (Fsp3) is 0.259. The van der Waals surface area contributed by atoms with E-state index < -0.39 is 34.6 Å². The Bertz CT molecular complexity index is 1250. The molecule has 2 N–H and O–H groups in total. The van der Waals surface area contributed by atoms with E-state index >= 15 is 0 Å². The van der Waals surface area contributed by atoms with Crippen LogP contribution in [0.2, 0.25) is 0 Å². The van der Waals surface area contributed by atoms with Crippen molar-refractivity contribution in [3.8, 4) is 0 Å².